The van der Waals surface area contributed by atoms with Crippen LogP contribution in [0.1, 0.15) is 12.8 Å². The van der Waals surface area contributed by atoms with Crippen molar-refractivity contribution in [1.29, 1.82) is 0 Å². The van der Waals surface area contributed by atoms with Crippen LogP contribution in [0, 0.1) is 0 Å². The van der Waals surface area contributed by atoms with E-state index in [2.05, 4.69) is 19.9 Å². The van der Waals surface area contributed by atoms with Gasteiger partial charge >= 0.3 is 0 Å². The van der Waals surface area contributed by atoms with Gasteiger partial charge in [-0.2, -0.15) is 0 Å². The standard InChI is InChI=1S/C19H20N6O2/c20-15-12-25(16-5-6-21-11-17(16)26)19(27)14(15)10-22-13-3-4-18(23-9-13)24-7-1-2-8-24/h3-6,9-11,26H,1-2,7-8,12,20H2. The van der Waals surface area contributed by atoms with E-state index in [1.165, 1.54) is 36.3 Å². The van der Waals surface area contributed by atoms with Crippen LogP contribution in [-0.4, -0.2) is 46.8 Å². The molecule has 138 valence electrons. The zero-order chi connectivity index (χ0) is 18.8. The van der Waals surface area contributed by atoms with Gasteiger partial charge in [0.1, 0.15) is 5.82 Å². The van der Waals surface area contributed by atoms with Crippen molar-refractivity contribution in [3.63, 3.8) is 0 Å². The molecule has 0 atom stereocenters. The third-order valence-electron chi connectivity index (χ3n) is 4.72. The lowest BCUT2D eigenvalue weighted by Gasteiger charge is -2.17. The van der Waals surface area contributed by atoms with Gasteiger partial charge in [0.15, 0.2) is 5.75 Å². The van der Waals surface area contributed by atoms with Gasteiger partial charge in [-0.1, -0.05) is 0 Å². The lowest BCUT2D eigenvalue weighted by Crippen LogP contribution is -2.27. The van der Waals surface area contributed by atoms with Crippen molar-refractivity contribution in [2.24, 2.45) is 10.7 Å². The predicted molar refractivity (Wildman–Crippen MR) is 103 cm³/mol. The average Bonchev–Trinajstić information content (AvgIpc) is 3.30. The van der Waals surface area contributed by atoms with E-state index in [4.69, 9.17) is 5.73 Å². The second-order valence-electron chi connectivity index (χ2n) is 6.52. The number of nitrogens with two attached hydrogens (primary N) is 1. The Balaban J connectivity index is 1.49. The van der Waals surface area contributed by atoms with Crippen LogP contribution in [0.4, 0.5) is 17.2 Å². The van der Waals surface area contributed by atoms with Gasteiger partial charge in [0.2, 0.25) is 0 Å². The molecule has 2 aliphatic heterocycles. The van der Waals surface area contributed by atoms with E-state index in [1.54, 1.807) is 12.3 Å². The van der Waals surface area contributed by atoms with Gasteiger partial charge in [-0.3, -0.25) is 19.7 Å². The quantitative estimate of drug-likeness (QED) is 0.800. The van der Waals surface area contributed by atoms with Gasteiger partial charge in [-0.05, 0) is 31.0 Å². The molecule has 0 radical (unpaired) electrons. The Kier molecular flexibility index (Phi) is 4.45. The highest BCUT2D eigenvalue weighted by Gasteiger charge is 2.30. The third kappa shape index (κ3) is 3.33. The summed E-state index contributed by atoms with van der Waals surface area (Å²) in [7, 11) is 0. The van der Waals surface area contributed by atoms with Gasteiger partial charge in [-0.25, -0.2) is 4.98 Å². The second kappa shape index (κ2) is 7.06. The topological polar surface area (TPSA) is 108 Å². The summed E-state index contributed by atoms with van der Waals surface area (Å²) < 4.78 is 0. The first-order chi connectivity index (χ1) is 13.1. The highest BCUT2D eigenvalue weighted by Crippen LogP contribution is 2.30. The molecule has 2 aromatic rings. The Hall–Kier alpha value is -3.42. The number of hydrogen-bond donors (Lipinski definition) is 2. The summed E-state index contributed by atoms with van der Waals surface area (Å²) in [6.45, 7) is 2.26. The largest absolute Gasteiger partial charge is 0.504 e. The molecule has 0 spiro atoms. The summed E-state index contributed by atoms with van der Waals surface area (Å²) in [5.74, 6) is 0.569. The zero-order valence-electron chi connectivity index (χ0n) is 14.7. The molecule has 8 heteroatoms. The first kappa shape index (κ1) is 17.0. The molecule has 8 nitrogen and oxygen atoms in total. The smallest absolute Gasteiger partial charge is 0.262 e. The molecular formula is C19H20N6O2. The third-order valence-corrected chi connectivity index (χ3v) is 4.72. The summed E-state index contributed by atoms with van der Waals surface area (Å²) in [5, 5.41) is 9.92. The number of aromatic hydroxyl groups is 1. The SMILES string of the molecule is NC1=C(C=Nc2ccc(N3CCCC3)nc2)C(=O)N(c2ccncc2O)C1. The predicted octanol–water partition coefficient (Wildman–Crippen LogP) is 1.74. The van der Waals surface area contributed by atoms with Gasteiger partial charge < -0.3 is 15.7 Å². The normalized spacial score (nSPS) is 17.6. The van der Waals surface area contributed by atoms with E-state index in [9.17, 15) is 9.90 Å². The number of rotatable bonds is 4. The molecule has 2 aliphatic rings. The van der Waals surface area contributed by atoms with Crippen molar-refractivity contribution in [2.75, 3.05) is 29.4 Å². The Labute approximate surface area is 156 Å². The van der Waals surface area contributed by atoms with Crippen molar-refractivity contribution in [3.05, 3.63) is 48.1 Å². The van der Waals surface area contributed by atoms with Gasteiger partial charge in [0.05, 0.1) is 35.9 Å². The summed E-state index contributed by atoms with van der Waals surface area (Å²) in [4.78, 5) is 28.9. The molecule has 1 amide bonds. The van der Waals surface area contributed by atoms with Gasteiger partial charge in [0, 0.05) is 31.2 Å². The molecule has 2 aromatic heterocycles. The lowest BCUT2D eigenvalue weighted by molar-refractivity contribution is -0.114. The fourth-order valence-corrected chi connectivity index (χ4v) is 3.28. The maximum absolute atomic E-state index is 12.7. The Morgan fingerprint density at radius 2 is 2.00 bits per heavy atom. The van der Waals surface area contributed by atoms with Crippen molar-refractivity contribution in [1.82, 2.24) is 9.97 Å². The van der Waals surface area contributed by atoms with Crippen LogP contribution in [-0.2, 0) is 4.79 Å². The van der Waals surface area contributed by atoms with Crippen molar-refractivity contribution in [3.8, 4) is 5.75 Å². The van der Waals surface area contributed by atoms with E-state index in [1.807, 2.05) is 12.1 Å². The number of anilines is 2. The second-order valence-corrected chi connectivity index (χ2v) is 6.52. The average molecular weight is 364 g/mol. The fraction of sp³-hybridized carbons (Fsp3) is 0.263. The molecule has 4 heterocycles. The first-order valence-corrected chi connectivity index (χ1v) is 8.82. The molecule has 0 unspecified atom stereocenters. The van der Waals surface area contributed by atoms with Crippen LogP contribution < -0.4 is 15.5 Å². The van der Waals surface area contributed by atoms with E-state index < -0.39 is 0 Å². The molecule has 0 aliphatic carbocycles. The number of hydrogen-bond acceptors (Lipinski definition) is 7. The van der Waals surface area contributed by atoms with Crippen LogP contribution in [0.25, 0.3) is 0 Å². The molecule has 3 N–H and O–H groups in total. The number of carbonyl (C=O) groups excluding carboxylic acids is 1. The summed E-state index contributed by atoms with van der Waals surface area (Å²) in [6.07, 6.45) is 8.34. The van der Waals surface area contributed by atoms with Crippen molar-refractivity contribution >= 4 is 29.3 Å². The van der Waals surface area contributed by atoms with Crippen LogP contribution in [0.2, 0.25) is 0 Å². The minimum atomic E-state index is -0.306. The number of carbonyl (C=O) groups is 1. The maximum atomic E-state index is 12.7. The number of nitrogens with zero attached hydrogens (tertiary/aromatic N) is 5. The molecule has 27 heavy (non-hydrogen) atoms. The summed E-state index contributed by atoms with van der Waals surface area (Å²) >= 11 is 0. The van der Waals surface area contributed by atoms with E-state index >= 15 is 0 Å². The highest BCUT2D eigenvalue weighted by molar-refractivity contribution is 6.22. The molecular weight excluding hydrogens is 344 g/mol. The van der Waals surface area contributed by atoms with E-state index in [-0.39, 0.29) is 18.2 Å². The van der Waals surface area contributed by atoms with Gasteiger partial charge in [-0.15, -0.1) is 0 Å². The molecule has 1 saturated heterocycles. The van der Waals surface area contributed by atoms with E-state index in [0.29, 0.717) is 22.6 Å². The summed E-state index contributed by atoms with van der Waals surface area (Å²) in [6, 6.07) is 5.38. The van der Waals surface area contributed by atoms with Crippen LogP contribution >= 0.6 is 0 Å². The van der Waals surface area contributed by atoms with Crippen LogP contribution in [0.3, 0.4) is 0 Å². The molecule has 4 rings (SSSR count). The molecule has 1 fully saturated rings. The summed E-state index contributed by atoms with van der Waals surface area (Å²) in [5.41, 5.74) is 7.77. The zero-order valence-corrected chi connectivity index (χ0v) is 14.7. The van der Waals surface area contributed by atoms with Crippen LogP contribution in [0.5, 0.6) is 5.75 Å². The van der Waals surface area contributed by atoms with E-state index in [0.717, 1.165) is 18.9 Å². The van der Waals surface area contributed by atoms with Crippen molar-refractivity contribution in [2.45, 2.75) is 12.8 Å². The Morgan fingerprint density at radius 3 is 2.70 bits per heavy atom. The Bertz CT molecular complexity index is 916. The molecule has 0 bridgehead atoms. The number of pyridine rings is 2. The number of amides is 1. The Morgan fingerprint density at radius 1 is 1.19 bits per heavy atom. The van der Waals surface area contributed by atoms with Crippen LogP contribution in [0.15, 0.2) is 53.1 Å². The number of aliphatic imine (C=N–C) groups is 1. The minimum Gasteiger partial charge on any atom is -0.504 e. The highest BCUT2D eigenvalue weighted by atomic mass is 16.3. The molecule has 0 aromatic carbocycles. The lowest BCUT2D eigenvalue weighted by atomic mass is 10.2. The molecule has 0 saturated carbocycles. The maximum Gasteiger partial charge on any atom is 0.262 e. The monoisotopic (exact) mass is 364 g/mol. The fourth-order valence-electron chi connectivity index (χ4n) is 3.28. The van der Waals surface area contributed by atoms with Gasteiger partial charge in [0.25, 0.3) is 5.91 Å². The first-order valence-electron chi connectivity index (χ1n) is 8.82. The number of aromatic nitrogens is 2. The van der Waals surface area contributed by atoms with Crippen molar-refractivity contribution < 1.29 is 9.90 Å². The minimum absolute atomic E-state index is 0.0708.